The fourth-order valence-corrected chi connectivity index (χ4v) is 2.96. The topological polar surface area (TPSA) is 38.8 Å². The molecule has 1 heterocycles. The van der Waals surface area contributed by atoms with Crippen LogP contribution in [0.25, 0.3) is 0 Å². The van der Waals surface area contributed by atoms with Crippen LogP contribution in [0.2, 0.25) is 0 Å². The summed E-state index contributed by atoms with van der Waals surface area (Å²) in [6.45, 7) is 5.73. The van der Waals surface area contributed by atoms with Gasteiger partial charge in [0.2, 0.25) is 5.91 Å². The van der Waals surface area contributed by atoms with Crippen LogP contribution in [-0.2, 0) is 20.7 Å². The summed E-state index contributed by atoms with van der Waals surface area (Å²) in [5.74, 6) is 0.237. The quantitative estimate of drug-likeness (QED) is 0.657. The Kier molecular flexibility index (Phi) is 8.12. The minimum atomic E-state index is 0.222. The lowest BCUT2D eigenvalue weighted by molar-refractivity contribution is -0.135. The fourth-order valence-electron chi connectivity index (χ4n) is 2.96. The summed E-state index contributed by atoms with van der Waals surface area (Å²) in [7, 11) is 0. The van der Waals surface area contributed by atoms with Gasteiger partial charge in [-0.3, -0.25) is 4.79 Å². The average Bonchev–Trinajstić information content (AvgIpc) is 2.59. The molecule has 128 valence electrons. The van der Waals surface area contributed by atoms with Gasteiger partial charge in [-0.15, -0.1) is 0 Å². The van der Waals surface area contributed by atoms with Gasteiger partial charge in [0.25, 0.3) is 0 Å². The van der Waals surface area contributed by atoms with Crippen molar-refractivity contribution in [1.82, 2.24) is 4.90 Å². The first-order valence-corrected chi connectivity index (χ1v) is 8.80. The predicted octanol–water partition coefficient (Wildman–Crippen LogP) is 3.05. The first-order chi connectivity index (χ1) is 11.3. The van der Waals surface area contributed by atoms with Crippen LogP contribution in [0.5, 0.6) is 0 Å². The van der Waals surface area contributed by atoms with Gasteiger partial charge in [0.05, 0.1) is 12.7 Å². The smallest absolute Gasteiger partial charge is 0.222 e. The minimum absolute atomic E-state index is 0.222. The highest BCUT2D eigenvalue weighted by atomic mass is 16.5. The molecule has 1 aromatic rings. The van der Waals surface area contributed by atoms with Crippen LogP contribution in [0.4, 0.5) is 0 Å². The zero-order valence-corrected chi connectivity index (χ0v) is 14.2. The van der Waals surface area contributed by atoms with Gasteiger partial charge in [-0.2, -0.15) is 0 Å². The van der Waals surface area contributed by atoms with Gasteiger partial charge in [0.15, 0.2) is 0 Å². The molecule has 0 spiro atoms. The van der Waals surface area contributed by atoms with E-state index in [1.807, 2.05) is 30.0 Å². The van der Waals surface area contributed by atoms with E-state index in [4.69, 9.17) is 9.47 Å². The molecular weight excluding hydrogens is 290 g/mol. The molecule has 0 bridgehead atoms. The van der Waals surface area contributed by atoms with Crippen LogP contribution in [-0.4, -0.2) is 49.8 Å². The summed E-state index contributed by atoms with van der Waals surface area (Å²) in [4.78, 5) is 14.2. The van der Waals surface area contributed by atoms with Gasteiger partial charge in [0, 0.05) is 32.7 Å². The van der Waals surface area contributed by atoms with Crippen molar-refractivity contribution in [3.63, 3.8) is 0 Å². The average molecular weight is 319 g/mol. The second kappa shape index (κ2) is 10.4. The molecular formula is C19H29NO3. The number of hydrogen-bond acceptors (Lipinski definition) is 3. The second-order valence-electron chi connectivity index (χ2n) is 6.01. The summed E-state index contributed by atoms with van der Waals surface area (Å²) in [6, 6.07) is 10.3. The Morgan fingerprint density at radius 1 is 1.26 bits per heavy atom. The Hall–Kier alpha value is -1.39. The number of carbonyl (C=O) groups excluding carboxylic acids is 1. The molecule has 23 heavy (non-hydrogen) atoms. The number of ether oxygens (including phenoxy) is 2. The first kappa shape index (κ1) is 18.0. The van der Waals surface area contributed by atoms with Gasteiger partial charge in [0.1, 0.15) is 0 Å². The molecule has 0 saturated carbocycles. The van der Waals surface area contributed by atoms with E-state index in [1.165, 1.54) is 5.56 Å². The van der Waals surface area contributed by atoms with E-state index >= 15 is 0 Å². The Balaban J connectivity index is 1.54. The zero-order chi connectivity index (χ0) is 16.3. The van der Waals surface area contributed by atoms with Crippen LogP contribution >= 0.6 is 0 Å². The van der Waals surface area contributed by atoms with E-state index in [0.29, 0.717) is 19.6 Å². The maximum Gasteiger partial charge on any atom is 0.222 e. The molecule has 1 atom stereocenters. The summed E-state index contributed by atoms with van der Waals surface area (Å²) in [6.07, 6.45) is 4.63. The van der Waals surface area contributed by atoms with Crippen molar-refractivity contribution in [1.29, 1.82) is 0 Å². The van der Waals surface area contributed by atoms with Gasteiger partial charge in [-0.25, -0.2) is 0 Å². The summed E-state index contributed by atoms with van der Waals surface area (Å²) >= 11 is 0. The summed E-state index contributed by atoms with van der Waals surface area (Å²) in [5, 5.41) is 0. The van der Waals surface area contributed by atoms with Crippen molar-refractivity contribution in [2.75, 3.05) is 32.9 Å². The van der Waals surface area contributed by atoms with E-state index in [0.717, 1.165) is 45.4 Å². The number of nitrogens with zero attached hydrogens (tertiary/aromatic N) is 1. The highest BCUT2D eigenvalue weighted by Crippen LogP contribution is 2.14. The Morgan fingerprint density at radius 3 is 2.87 bits per heavy atom. The molecule has 1 aromatic carbocycles. The normalized spacial score (nSPS) is 18.1. The molecule has 1 aliphatic rings. The lowest BCUT2D eigenvalue weighted by Gasteiger charge is -2.32. The van der Waals surface area contributed by atoms with Crippen LogP contribution in [0.3, 0.4) is 0 Å². The van der Waals surface area contributed by atoms with Crippen LogP contribution in [0, 0.1) is 0 Å². The van der Waals surface area contributed by atoms with Crippen molar-refractivity contribution in [3.8, 4) is 0 Å². The Morgan fingerprint density at radius 2 is 2.09 bits per heavy atom. The third kappa shape index (κ3) is 6.71. The molecule has 4 nitrogen and oxygen atoms in total. The number of carbonyl (C=O) groups is 1. The molecule has 0 aliphatic carbocycles. The molecule has 0 aromatic heterocycles. The number of hydrogen-bond donors (Lipinski definition) is 0. The van der Waals surface area contributed by atoms with Crippen LogP contribution in [0.1, 0.15) is 38.2 Å². The maximum absolute atomic E-state index is 12.2. The van der Waals surface area contributed by atoms with Crippen molar-refractivity contribution >= 4 is 5.91 Å². The first-order valence-electron chi connectivity index (χ1n) is 8.80. The van der Waals surface area contributed by atoms with Gasteiger partial charge >= 0.3 is 0 Å². The second-order valence-corrected chi connectivity index (χ2v) is 6.01. The summed E-state index contributed by atoms with van der Waals surface area (Å²) in [5.41, 5.74) is 1.29. The lowest BCUT2D eigenvalue weighted by Crippen LogP contribution is -2.43. The van der Waals surface area contributed by atoms with Crippen LogP contribution in [0.15, 0.2) is 30.3 Å². The Bertz CT molecular complexity index is 447. The molecule has 4 heteroatoms. The SMILES string of the molecule is CCOC1CCCN(C(=O)CCCOCCc2ccccc2)C1. The standard InChI is InChI=1S/C19H29NO3/c1-2-23-18-10-6-13-20(16-18)19(21)11-7-14-22-15-12-17-8-4-3-5-9-17/h3-5,8-9,18H,2,6-7,10-16H2,1H3. The van der Waals surface area contributed by atoms with Crippen LogP contribution < -0.4 is 0 Å². The molecule has 1 unspecified atom stereocenters. The van der Waals surface area contributed by atoms with E-state index in [1.54, 1.807) is 0 Å². The summed E-state index contributed by atoms with van der Waals surface area (Å²) < 4.78 is 11.3. The monoisotopic (exact) mass is 319 g/mol. The highest BCUT2D eigenvalue weighted by Gasteiger charge is 2.23. The molecule has 2 rings (SSSR count). The van der Waals surface area contributed by atoms with E-state index in [-0.39, 0.29) is 12.0 Å². The van der Waals surface area contributed by atoms with Crippen molar-refractivity contribution in [2.45, 2.75) is 45.1 Å². The zero-order valence-electron chi connectivity index (χ0n) is 14.2. The van der Waals surface area contributed by atoms with Crippen molar-refractivity contribution in [3.05, 3.63) is 35.9 Å². The van der Waals surface area contributed by atoms with Gasteiger partial charge in [-0.05, 0) is 38.2 Å². The molecule has 0 radical (unpaired) electrons. The van der Waals surface area contributed by atoms with Gasteiger partial charge < -0.3 is 14.4 Å². The molecule has 1 saturated heterocycles. The molecule has 1 amide bonds. The Labute approximate surface area is 139 Å². The number of likely N-dealkylation sites (tertiary alicyclic amines) is 1. The largest absolute Gasteiger partial charge is 0.381 e. The number of rotatable bonds is 9. The molecule has 1 fully saturated rings. The highest BCUT2D eigenvalue weighted by molar-refractivity contribution is 5.76. The number of amides is 1. The maximum atomic E-state index is 12.2. The molecule has 0 N–H and O–H groups in total. The van der Waals surface area contributed by atoms with Crippen molar-refractivity contribution in [2.24, 2.45) is 0 Å². The predicted molar refractivity (Wildman–Crippen MR) is 91.4 cm³/mol. The van der Waals surface area contributed by atoms with Gasteiger partial charge in [-0.1, -0.05) is 30.3 Å². The fraction of sp³-hybridized carbons (Fsp3) is 0.632. The third-order valence-electron chi connectivity index (χ3n) is 4.19. The third-order valence-corrected chi connectivity index (χ3v) is 4.19. The minimum Gasteiger partial charge on any atom is -0.381 e. The lowest BCUT2D eigenvalue weighted by atomic mass is 10.1. The van der Waals surface area contributed by atoms with E-state index in [9.17, 15) is 4.79 Å². The van der Waals surface area contributed by atoms with E-state index < -0.39 is 0 Å². The number of benzene rings is 1. The van der Waals surface area contributed by atoms with E-state index in [2.05, 4.69) is 12.1 Å². The number of piperidine rings is 1. The molecule has 1 aliphatic heterocycles. The van der Waals surface area contributed by atoms with Crippen molar-refractivity contribution < 1.29 is 14.3 Å².